The summed E-state index contributed by atoms with van der Waals surface area (Å²) in [5, 5.41) is 3.94. The van der Waals surface area contributed by atoms with E-state index in [4.69, 9.17) is 4.42 Å². The van der Waals surface area contributed by atoms with Crippen LogP contribution in [0, 0.1) is 6.92 Å². The summed E-state index contributed by atoms with van der Waals surface area (Å²) in [6, 6.07) is 23.7. The van der Waals surface area contributed by atoms with Crippen molar-refractivity contribution in [3.05, 3.63) is 102 Å². The van der Waals surface area contributed by atoms with Gasteiger partial charge in [-0.3, -0.25) is 4.79 Å². The number of amides is 1. The molecule has 0 radical (unpaired) electrons. The van der Waals surface area contributed by atoms with Crippen molar-refractivity contribution in [1.82, 2.24) is 9.99 Å². The Morgan fingerprint density at radius 2 is 1.79 bits per heavy atom. The van der Waals surface area contributed by atoms with Gasteiger partial charge < -0.3 is 8.98 Å². The second-order valence-electron chi connectivity index (χ2n) is 6.36. The molecule has 4 aromatic rings. The summed E-state index contributed by atoms with van der Waals surface area (Å²) in [5.74, 6) is -0.265. The predicted molar refractivity (Wildman–Crippen MR) is 110 cm³/mol. The van der Waals surface area contributed by atoms with Crippen LogP contribution in [0.2, 0.25) is 0 Å². The van der Waals surface area contributed by atoms with Crippen molar-refractivity contribution in [2.75, 3.05) is 0 Å². The highest BCUT2D eigenvalue weighted by Crippen LogP contribution is 2.26. The maximum atomic E-state index is 12.3. The van der Waals surface area contributed by atoms with Crippen LogP contribution in [0.4, 0.5) is 0 Å². The van der Waals surface area contributed by atoms with Gasteiger partial charge in [0, 0.05) is 22.5 Å². The Balaban J connectivity index is 1.54. The van der Waals surface area contributed by atoms with E-state index in [1.807, 2.05) is 30.3 Å². The monoisotopic (exact) mass is 369 g/mol. The minimum Gasteiger partial charge on any atom is -0.472 e. The molecular weight excluding hydrogens is 350 g/mol. The molecule has 1 N–H and O–H groups in total. The van der Waals surface area contributed by atoms with Gasteiger partial charge >= 0.3 is 0 Å². The summed E-state index contributed by atoms with van der Waals surface area (Å²) in [5.41, 5.74) is 8.23. The highest BCUT2D eigenvalue weighted by Gasteiger charge is 2.10. The average molecular weight is 369 g/mol. The summed E-state index contributed by atoms with van der Waals surface area (Å²) in [4.78, 5) is 12.3. The molecule has 2 aromatic carbocycles. The maximum Gasteiger partial charge on any atom is 0.271 e. The first-order valence-electron chi connectivity index (χ1n) is 8.92. The normalized spacial score (nSPS) is 11.0. The Kier molecular flexibility index (Phi) is 4.89. The minimum atomic E-state index is -0.265. The Hall–Kier alpha value is -3.86. The van der Waals surface area contributed by atoms with Gasteiger partial charge in [0.2, 0.25) is 0 Å². The molecule has 2 heterocycles. The van der Waals surface area contributed by atoms with Gasteiger partial charge in [0.05, 0.1) is 24.4 Å². The smallest absolute Gasteiger partial charge is 0.271 e. The van der Waals surface area contributed by atoms with Gasteiger partial charge in [-0.1, -0.05) is 30.3 Å². The maximum absolute atomic E-state index is 12.3. The number of nitrogens with one attached hydrogen (secondary N) is 1. The molecule has 28 heavy (non-hydrogen) atoms. The largest absolute Gasteiger partial charge is 0.472 e. The first kappa shape index (κ1) is 17.5. The van der Waals surface area contributed by atoms with Crippen LogP contribution in [0.15, 0.2) is 94.8 Å². The summed E-state index contributed by atoms with van der Waals surface area (Å²) in [7, 11) is 0. The predicted octanol–water partition coefficient (Wildman–Crippen LogP) is 4.81. The van der Waals surface area contributed by atoms with E-state index in [9.17, 15) is 4.79 Å². The topological polar surface area (TPSA) is 59.5 Å². The second-order valence-corrected chi connectivity index (χ2v) is 6.36. The van der Waals surface area contributed by atoms with Crippen LogP contribution in [0.1, 0.15) is 21.6 Å². The Labute approximate surface area is 162 Å². The van der Waals surface area contributed by atoms with Crippen molar-refractivity contribution < 1.29 is 9.21 Å². The fourth-order valence-corrected chi connectivity index (χ4v) is 3.06. The quantitative estimate of drug-likeness (QED) is 0.405. The number of aromatic nitrogens is 1. The standard InChI is InChI=1S/C23H19N3O2/c1-17-7-12-22(19-5-3-2-4-6-19)26(17)21-10-8-20(9-11-21)23(27)25-24-15-18-13-14-28-16-18/h2-16H,1H3,(H,25,27)/b24-15+. The van der Waals surface area contributed by atoms with Crippen molar-refractivity contribution in [2.24, 2.45) is 5.10 Å². The van der Waals surface area contributed by atoms with Gasteiger partial charge in [0.25, 0.3) is 5.91 Å². The number of hydrogen-bond donors (Lipinski definition) is 1. The molecule has 138 valence electrons. The number of rotatable bonds is 5. The van der Waals surface area contributed by atoms with E-state index in [0.717, 1.165) is 28.2 Å². The molecule has 0 bridgehead atoms. The van der Waals surface area contributed by atoms with Crippen molar-refractivity contribution in [2.45, 2.75) is 6.92 Å². The van der Waals surface area contributed by atoms with E-state index in [-0.39, 0.29) is 5.91 Å². The molecule has 2 aromatic heterocycles. The van der Waals surface area contributed by atoms with E-state index < -0.39 is 0 Å². The lowest BCUT2D eigenvalue weighted by Gasteiger charge is -2.12. The van der Waals surface area contributed by atoms with Gasteiger partial charge in [-0.05, 0) is 55.0 Å². The number of carbonyl (C=O) groups is 1. The summed E-state index contributed by atoms with van der Waals surface area (Å²) < 4.78 is 7.12. The Morgan fingerprint density at radius 3 is 2.50 bits per heavy atom. The molecule has 5 heteroatoms. The van der Waals surface area contributed by atoms with E-state index in [1.54, 1.807) is 30.7 Å². The zero-order chi connectivity index (χ0) is 19.3. The SMILES string of the molecule is Cc1ccc(-c2ccccc2)n1-c1ccc(C(=O)N/N=C/c2ccoc2)cc1. The molecule has 1 amide bonds. The molecule has 0 spiro atoms. The van der Waals surface area contributed by atoms with Crippen LogP contribution in [-0.4, -0.2) is 16.7 Å². The molecule has 4 rings (SSSR count). The number of carbonyl (C=O) groups excluding carboxylic acids is 1. The highest BCUT2D eigenvalue weighted by molar-refractivity contribution is 5.95. The first-order valence-corrected chi connectivity index (χ1v) is 8.92. The molecular formula is C23H19N3O2. The summed E-state index contributed by atoms with van der Waals surface area (Å²) in [6.07, 6.45) is 4.63. The van der Waals surface area contributed by atoms with E-state index in [0.29, 0.717) is 5.56 Å². The molecule has 0 saturated heterocycles. The van der Waals surface area contributed by atoms with Gasteiger partial charge in [-0.15, -0.1) is 0 Å². The van der Waals surface area contributed by atoms with Crippen LogP contribution in [0.5, 0.6) is 0 Å². The van der Waals surface area contributed by atoms with Crippen molar-refractivity contribution in [3.8, 4) is 16.9 Å². The minimum absolute atomic E-state index is 0.265. The third-order valence-electron chi connectivity index (χ3n) is 4.46. The van der Waals surface area contributed by atoms with Gasteiger partial charge in [0.1, 0.15) is 0 Å². The van der Waals surface area contributed by atoms with Crippen LogP contribution in [0.3, 0.4) is 0 Å². The molecule has 0 aliphatic carbocycles. The number of aryl methyl sites for hydroxylation is 1. The van der Waals surface area contributed by atoms with Gasteiger partial charge in [-0.2, -0.15) is 5.10 Å². The molecule has 0 aliphatic rings. The third kappa shape index (κ3) is 3.64. The molecule has 0 atom stereocenters. The van der Waals surface area contributed by atoms with Crippen LogP contribution < -0.4 is 5.43 Å². The van der Waals surface area contributed by atoms with Gasteiger partial charge in [0.15, 0.2) is 0 Å². The Bertz CT molecular complexity index is 1090. The van der Waals surface area contributed by atoms with E-state index in [1.165, 1.54) is 6.21 Å². The van der Waals surface area contributed by atoms with Crippen LogP contribution in [0.25, 0.3) is 16.9 Å². The number of furan rings is 1. The zero-order valence-corrected chi connectivity index (χ0v) is 15.4. The molecule has 0 fully saturated rings. The Morgan fingerprint density at radius 1 is 1.00 bits per heavy atom. The van der Waals surface area contributed by atoms with Crippen LogP contribution >= 0.6 is 0 Å². The second kappa shape index (κ2) is 7.80. The van der Waals surface area contributed by atoms with Crippen molar-refractivity contribution in [3.63, 3.8) is 0 Å². The van der Waals surface area contributed by atoms with Crippen LogP contribution in [-0.2, 0) is 0 Å². The zero-order valence-electron chi connectivity index (χ0n) is 15.4. The lowest BCUT2D eigenvalue weighted by atomic mass is 10.1. The average Bonchev–Trinajstić information content (AvgIpc) is 3.38. The lowest BCUT2D eigenvalue weighted by Crippen LogP contribution is -2.17. The van der Waals surface area contributed by atoms with E-state index in [2.05, 4.69) is 46.3 Å². The summed E-state index contributed by atoms with van der Waals surface area (Å²) in [6.45, 7) is 2.07. The summed E-state index contributed by atoms with van der Waals surface area (Å²) >= 11 is 0. The van der Waals surface area contributed by atoms with Crippen molar-refractivity contribution >= 4 is 12.1 Å². The molecule has 5 nitrogen and oxygen atoms in total. The lowest BCUT2D eigenvalue weighted by molar-refractivity contribution is 0.0955. The molecule has 0 aliphatic heterocycles. The third-order valence-corrected chi connectivity index (χ3v) is 4.46. The number of hydrogen-bond acceptors (Lipinski definition) is 3. The van der Waals surface area contributed by atoms with Gasteiger partial charge in [-0.25, -0.2) is 5.43 Å². The molecule has 0 saturated carbocycles. The van der Waals surface area contributed by atoms with E-state index >= 15 is 0 Å². The number of benzene rings is 2. The highest BCUT2D eigenvalue weighted by atomic mass is 16.3. The molecule has 0 unspecified atom stereocenters. The number of nitrogens with zero attached hydrogens (tertiary/aromatic N) is 2. The fourth-order valence-electron chi connectivity index (χ4n) is 3.06. The number of hydrazone groups is 1. The first-order chi connectivity index (χ1) is 13.7. The fraction of sp³-hybridized carbons (Fsp3) is 0.0435. The van der Waals surface area contributed by atoms with Crippen molar-refractivity contribution in [1.29, 1.82) is 0 Å².